The Balaban J connectivity index is 5.27. The molecule has 0 aliphatic carbocycles. The van der Waals surface area contributed by atoms with E-state index in [0.29, 0.717) is 10.8 Å². The van der Waals surface area contributed by atoms with Gasteiger partial charge in [0.1, 0.15) is 0 Å². The minimum absolute atomic E-state index is 0.384. The molecule has 0 aromatic rings. The molecule has 2 atom stereocenters. The van der Waals surface area contributed by atoms with Gasteiger partial charge in [-0.15, -0.1) is 0 Å². The Morgan fingerprint density at radius 3 is 1.33 bits per heavy atom. The first-order chi connectivity index (χ1) is 9.44. The maximum atomic E-state index is 11.4. The average molecular weight is 338 g/mol. The van der Waals surface area contributed by atoms with Crippen molar-refractivity contribution < 1.29 is 26.4 Å². The van der Waals surface area contributed by atoms with E-state index in [0.717, 1.165) is 0 Å². The van der Waals surface area contributed by atoms with E-state index in [1.165, 1.54) is 0 Å². The van der Waals surface area contributed by atoms with Gasteiger partial charge in [-0.05, 0) is 6.42 Å². The number of carbonyl (C=O) groups excluding carboxylic acids is 2. The molecular weight excluding hydrogens is 320 g/mol. The lowest BCUT2D eigenvalue weighted by atomic mass is 9.96. The molecule has 0 aromatic heterocycles. The van der Waals surface area contributed by atoms with Gasteiger partial charge in [0.15, 0.2) is 19.7 Å². The van der Waals surface area contributed by atoms with Crippen LogP contribution in [0.2, 0.25) is 0 Å². The maximum Gasteiger partial charge on any atom is 0.221 e. The van der Waals surface area contributed by atoms with Crippen molar-refractivity contribution in [3.8, 4) is 0 Å². The highest BCUT2D eigenvalue weighted by molar-refractivity contribution is 7.94. The molecule has 0 fully saturated rings. The van der Waals surface area contributed by atoms with Gasteiger partial charge in [0.05, 0.1) is 23.3 Å². The molecule has 0 saturated carbocycles. The Labute approximate surface area is 123 Å². The molecule has 0 radical (unpaired) electrons. The summed E-state index contributed by atoms with van der Waals surface area (Å²) in [6.45, 7) is 6.18. The second-order valence-corrected chi connectivity index (χ2v) is 8.41. The maximum absolute atomic E-state index is 11.4. The van der Waals surface area contributed by atoms with E-state index in [1.54, 1.807) is 0 Å². The standard InChI is InChI=1S/C11H18N2O6S2/c1-3-20(16,17)6-8(10(12)14)5-9(11(13)15)7-21(18,19)4-2/h3-4,8-9H,1-2,5-7H2,(H2,12,14)(H2,13,15). The summed E-state index contributed by atoms with van der Waals surface area (Å²) in [5, 5.41) is 1.31. The molecule has 21 heavy (non-hydrogen) atoms. The molecule has 0 saturated heterocycles. The van der Waals surface area contributed by atoms with Crippen LogP contribution < -0.4 is 11.5 Å². The second kappa shape index (κ2) is 7.36. The van der Waals surface area contributed by atoms with Crippen molar-refractivity contribution in [2.75, 3.05) is 11.5 Å². The monoisotopic (exact) mass is 338 g/mol. The summed E-state index contributed by atoms with van der Waals surface area (Å²) in [5.74, 6) is -5.76. The summed E-state index contributed by atoms with van der Waals surface area (Å²) < 4.78 is 45.7. The Morgan fingerprint density at radius 1 is 0.857 bits per heavy atom. The highest BCUT2D eigenvalue weighted by atomic mass is 32.2. The molecule has 0 aliphatic heterocycles. The minimum Gasteiger partial charge on any atom is -0.369 e. The number of amides is 2. The topological polar surface area (TPSA) is 154 Å². The van der Waals surface area contributed by atoms with Crippen molar-refractivity contribution in [2.24, 2.45) is 23.3 Å². The van der Waals surface area contributed by atoms with Crippen LogP contribution >= 0.6 is 0 Å². The lowest BCUT2D eigenvalue weighted by Crippen LogP contribution is -2.37. The number of primary amides is 2. The molecule has 0 heterocycles. The number of hydrogen-bond acceptors (Lipinski definition) is 6. The predicted molar refractivity (Wildman–Crippen MR) is 78.0 cm³/mol. The first-order valence-electron chi connectivity index (χ1n) is 5.73. The fraction of sp³-hybridized carbons (Fsp3) is 0.455. The summed E-state index contributed by atoms with van der Waals surface area (Å²) in [7, 11) is -7.49. The van der Waals surface area contributed by atoms with Crippen molar-refractivity contribution in [3.63, 3.8) is 0 Å². The smallest absolute Gasteiger partial charge is 0.221 e. The predicted octanol–water partition coefficient (Wildman–Crippen LogP) is -1.30. The van der Waals surface area contributed by atoms with E-state index in [-0.39, 0.29) is 6.42 Å². The van der Waals surface area contributed by atoms with Crippen LogP contribution in [0.5, 0.6) is 0 Å². The van der Waals surface area contributed by atoms with E-state index in [4.69, 9.17) is 11.5 Å². The number of nitrogens with two attached hydrogens (primary N) is 2. The van der Waals surface area contributed by atoms with Crippen molar-refractivity contribution in [3.05, 3.63) is 24.0 Å². The van der Waals surface area contributed by atoms with Gasteiger partial charge in [0.25, 0.3) is 0 Å². The van der Waals surface area contributed by atoms with E-state index in [1.807, 2.05) is 0 Å². The molecule has 4 N–H and O–H groups in total. The molecule has 0 aliphatic rings. The van der Waals surface area contributed by atoms with Gasteiger partial charge in [-0.3, -0.25) is 9.59 Å². The van der Waals surface area contributed by atoms with Gasteiger partial charge in [-0.1, -0.05) is 13.2 Å². The molecule has 2 unspecified atom stereocenters. The van der Waals surface area contributed by atoms with Crippen molar-refractivity contribution in [2.45, 2.75) is 6.42 Å². The molecule has 8 nitrogen and oxygen atoms in total. The van der Waals surface area contributed by atoms with Crippen LogP contribution in [0, 0.1) is 11.8 Å². The van der Waals surface area contributed by atoms with Crippen LogP contribution in [-0.4, -0.2) is 40.2 Å². The van der Waals surface area contributed by atoms with Crippen LogP contribution in [0.15, 0.2) is 24.0 Å². The SMILES string of the molecule is C=CS(=O)(=O)CC(CC(CS(=O)(=O)C=C)C(N)=O)C(N)=O. The van der Waals surface area contributed by atoms with Gasteiger partial charge in [0.2, 0.25) is 11.8 Å². The third-order valence-corrected chi connectivity index (χ3v) is 5.50. The molecule has 120 valence electrons. The summed E-state index contributed by atoms with van der Waals surface area (Å²) in [6, 6.07) is 0. The summed E-state index contributed by atoms with van der Waals surface area (Å²) in [6.07, 6.45) is -0.384. The normalized spacial score (nSPS) is 14.9. The average Bonchev–Trinajstić information content (AvgIpc) is 2.36. The molecule has 2 amide bonds. The van der Waals surface area contributed by atoms with Crippen LogP contribution in [-0.2, 0) is 29.3 Å². The summed E-state index contributed by atoms with van der Waals surface area (Å²) >= 11 is 0. The van der Waals surface area contributed by atoms with Crippen molar-refractivity contribution in [1.29, 1.82) is 0 Å². The van der Waals surface area contributed by atoms with Crippen LogP contribution in [0.4, 0.5) is 0 Å². The Hall–Kier alpha value is -1.68. The van der Waals surface area contributed by atoms with E-state index in [2.05, 4.69) is 13.2 Å². The van der Waals surface area contributed by atoms with E-state index < -0.39 is 54.8 Å². The molecule has 0 spiro atoms. The zero-order valence-electron chi connectivity index (χ0n) is 11.3. The van der Waals surface area contributed by atoms with Gasteiger partial charge in [0, 0.05) is 10.8 Å². The largest absolute Gasteiger partial charge is 0.369 e. The second-order valence-electron chi connectivity index (χ2n) is 4.43. The minimum atomic E-state index is -3.74. The first-order valence-corrected chi connectivity index (χ1v) is 9.16. The Bertz CT molecular complexity index is 580. The molecule has 0 rings (SSSR count). The number of sulfone groups is 2. The summed E-state index contributed by atoms with van der Waals surface area (Å²) in [5.41, 5.74) is 10.2. The number of hydrogen-bond donors (Lipinski definition) is 2. The Kier molecular flexibility index (Phi) is 6.77. The fourth-order valence-electron chi connectivity index (χ4n) is 1.57. The van der Waals surface area contributed by atoms with Gasteiger partial charge in [-0.2, -0.15) is 0 Å². The lowest BCUT2D eigenvalue weighted by molar-refractivity contribution is -0.124. The van der Waals surface area contributed by atoms with Crippen LogP contribution in [0.25, 0.3) is 0 Å². The van der Waals surface area contributed by atoms with Crippen LogP contribution in [0.3, 0.4) is 0 Å². The van der Waals surface area contributed by atoms with Crippen molar-refractivity contribution in [1.82, 2.24) is 0 Å². The molecule has 0 bridgehead atoms. The fourth-order valence-corrected chi connectivity index (χ4v) is 3.57. The van der Waals surface area contributed by atoms with E-state index in [9.17, 15) is 26.4 Å². The van der Waals surface area contributed by atoms with Gasteiger partial charge in [-0.25, -0.2) is 16.8 Å². The molecular formula is C11H18N2O6S2. The third-order valence-electron chi connectivity index (χ3n) is 2.75. The third kappa shape index (κ3) is 7.04. The zero-order chi connectivity index (χ0) is 16.8. The van der Waals surface area contributed by atoms with E-state index >= 15 is 0 Å². The lowest BCUT2D eigenvalue weighted by Gasteiger charge is -2.18. The quantitative estimate of drug-likeness (QED) is 0.504. The first kappa shape index (κ1) is 19.3. The van der Waals surface area contributed by atoms with Crippen molar-refractivity contribution >= 4 is 31.5 Å². The van der Waals surface area contributed by atoms with Gasteiger partial charge < -0.3 is 11.5 Å². The Morgan fingerprint density at radius 2 is 1.14 bits per heavy atom. The molecule has 0 aromatic carbocycles. The van der Waals surface area contributed by atoms with Crippen LogP contribution in [0.1, 0.15) is 6.42 Å². The zero-order valence-corrected chi connectivity index (χ0v) is 12.9. The molecule has 10 heteroatoms. The summed E-state index contributed by atoms with van der Waals surface area (Å²) in [4.78, 5) is 22.6. The highest BCUT2D eigenvalue weighted by Gasteiger charge is 2.30. The number of carbonyl (C=O) groups is 2. The number of rotatable bonds is 10. The van der Waals surface area contributed by atoms with Gasteiger partial charge >= 0.3 is 0 Å². The highest BCUT2D eigenvalue weighted by Crippen LogP contribution is 2.17.